The van der Waals surface area contributed by atoms with Crippen LogP contribution in [0, 0.1) is 11.7 Å². The smallest absolute Gasteiger partial charge is 0.147 e. The Labute approximate surface area is 96.9 Å². The van der Waals surface area contributed by atoms with Gasteiger partial charge in [-0.1, -0.05) is 15.9 Å². The van der Waals surface area contributed by atoms with E-state index in [1.807, 2.05) is 6.07 Å². The predicted octanol–water partition coefficient (Wildman–Crippen LogP) is 3.04. The molecule has 0 spiro atoms. The molecule has 1 aliphatic rings. The van der Waals surface area contributed by atoms with Gasteiger partial charge in [-0.3, -0.25) is 0 Å². The minimum absolute atomic E-state index is 0.219. The zero-order valence-corrected chi connectivity index (χ0v) is 9.89. The third-order valence-electron chi connectivity index (χ3n) is 2.54. The van der Waals surface area contributed by atoms with E-state index in [1.54, 1.807) is 6.07 Å². The highest BCUT2D eigenvalue weighted by Gasteiger charge is 2.15. The Morgan fingerprint density at radius 3 is 3.07 bits per heavy atom. The van der Waals surface area contributed by atoms with Gasteiger partial charge in [0.2, 0.25) is 0 Å². The van der Waals surface area contributed by atoms with Crippen LogP contribution in [0.1, 0.15) is 6.42 Å². The van der Waals surface area contributed by atoms with E-state index in [1.165, 1.54) is 6.07 Å². The summed E-state index contributed by atoms with van der Waals surface area (Å²) in [5.74, 6) is 0.288. The molecule has 0 aromatic heterocycles. The van der Waals surface area contributed by atoms with Crippen LogP contribution < -0.4 is 5.32 Å². The molecule has 2 rings (SSSR count). The monoisotopic (exact) mass is 273 g/mol. The van der Waals surface area contributed by atoms with Gasteiger partial charge in [-0.15, -0.1) is 0 Å². The topological polar surface area (TPSA) is 21.3 Å². The maximum Gasteiger partial charge on any atom is 0.147 e. The van der Waals surface area contributed by atoms with Crippen LogP contribution >= 0.6 is 15.9 Å². The van der Waals surface area contributed by atoms with Gasteiger partial charge in [0, 0.05) is 23.5 Å². The molecule has 1 N–H and O–H groups in total. The van der Waals surface area contributed by atoms with Crippen molar-refractivity contribution >= 4 is 21.6 Å². The molecule has 15 heavy (non-hydrogen) atoms. The van der Waals surface area contributed by atoms with Crippen LogP contribution in [0.4, 0.5) is 10.1 Å². The summed E-state index contributed by atoms with van der Waals surface area (Å²) >= 11 is 3.23. The summed E-state index contributed by atoms with van der Waals surface area (Å²) in [7, 11) is 0. The largest absolute Gasteiger partial charge is 0.382 e. The average molecular weight is 274 g/mol. The summed E-state index contributed by atoms with van der Waals surface area (Å²) in [6.07, 6.45) is 1.06. The van der Waals surface area contributed by atoms with E-state index < -0.39 is 0 Å². The van der Waals surface area contributed by atoms with Gasteiger partial charge in [0.15, 0.2) is 0 Å². The molecule has 0 saturated carbocycles. The molecule has 1 aromatic carbocycles. The number of rotatable bonds is 3. The van der Waals surface area contributed by atoms with Gasteiger partial charge < -0.3 is 10.1 Å². The molecule has 0 amide bonds. The minimum Gasteiger partial charge on any atom is -0.382 e. The third kappa shape index (κ3) is 2.92. The van der Waals surface area contributed by atoms with Crippen LogP contribution in [-0.2, 0) is 4.74 Å². The molecule has 1 aromatic rings. The summed E-state index contributed by atoms with van der Waals surface area (Å²) in [5, 5.41) is 3.11. The summed E-state index contributed by atoms with van der Waals surface area (Å²) in [6.45, 7) is 2.39. The van der Waals surface area contributed by atoms with Crippen LogP contribution in [0.3, 0.4) is 0 Å². The van der Waals surface area contributed by atoms with Crippen molar-refractivity contribution in [1.29, 1.82) is 0 Å². The lowest BCUT2D eigenvalue weighted by Gasteiger charge is -2.11. The Balaban J connectivity index is 1.92. The summed E-state index contributed by atoms with van der Waals surface area (Å²) in [5.41, 5.74) is 0.560. The maximum atomic E-state index is 13.4. The second-order valence-electron chi connectivity index (χ2n) is 3.73. The molecule has 2 nitrogen and oxygen atoms in total. The summed E-state index contributed by atoms with van der Waals surface area (Å²) < 4.78 is 19.4. The van der Waals surface area contributed by atoms with Gasteiger partial charge in [-0.05, 0) is 24.6 Å². The highest BCUT2D eigenvalue weighted by atomic mass is 79.9. The molecule has 1 saturated heterocycles. The van der Waals surface area contributed by atoms with E-state index in [-0.39, 0.29) is 5.82 Å². The molecule has 1 aliphatic heterocycles. The Bertz CT molecular complexity index is 339. The first kappa shape index (κ1) is 10.9. The van der Waals surface area contributed by atoms with Gasteiger partial charge in [-0.25, -0.2) is 4.39 Å². The normalized spacial score (nSPS) is 20.5. The fraction of sp³-hybridized carbons (Fsp3) is 0.455. The van der Waals surface area contributed by atoms with Crippen molar-refractivity contribution in [2.75, 3.05) is 25.1 Å². The maximum absolute atomic E-state index is 13.4. The van der Waals surface area contributed by atoms with Crippen LogP contribution in [0.25, 0.3) is 0 Å². The van der Waals surface area contributed by atoms with E-state index in [0.717, 1.165) is 30.7 Å². The van der Waals surface area contributed by atoms with Gasteiger partial charge in [0.05, 0.1) is 12.3 Å². The Morgan fingerprint density at radius 1 is 1.53 bits per heavy atom. The number of nitrogens with one attached hydrogen (secondary N) is 1. The molecule has 0 bridgehead atoms. The summed E-state index contributed by atoms with van der Waals surface area (Å²) in [4.78, 5) is 0. The quantitative estimate of drug-likeness (QED) is 0.914. The average Bonchev–Trinajstić information content (AvgIpc) is 2.69. The molecule has 0 radical (unpaired) electrons. The first-order valence-electron chi connectivity index (χ1n) is 5.02. The zero-order valence-electron chi connectivity index (χ0n) is 8.30. The van der Waals surface area contributed by atoms with Crippen molar-refractivity contribution in [3.63, 3.8) is 0 Å². The lowest BCUT2D eigenvalue weighted by molar-refractivity contribution is 0.187. The second kappa shape index (κ2) is 4.94. The number of benzene rings is 1. The third-order valence-corrected chi connectivity index (χ3v) is 3.03. The van der Waals surface area contributed by atoms with Gasteiger partial charge >= 0.3 is 0 Å². The van der Waals surface area contributed by atoms with Crippen LogP contribution in [0.5, 0.6) is 0 Å². The van der Waals surface area contributed by atoms with Crippen molar-refractivity contribution in [2.45, 2.75) is 6.42 Å². The van der Waals surface area contributed by atoms with Crippen LogP contribution in [-0.4, -0.2) is 19.8 Å². The Hall–Kier alpha value is -0.610. The highest BCUT2D eigenvalue weighted by molar-refractivity contribution is 9.10. The first-order valence-corrected chi connectivity index (χ1v) is 5.81. The van der Waals surface area contributed by atoms with Gasteiger partial charge in [0.25, 0.3) is 0 Å². The fourth-order valence-corrected chi connectivity index (χ4v) is 1.96. The van der Waals surface area contributed by atoms with E-state index in [0.29, 0.717) is 11.6 Å². The van der Waals surface area contributed by atoms with E-state index in [4.69, 9.17) is 4.74 Å². The van der Waals surface area contributed by atoms with E-state index >= 15 is 0 Å². The number of hydrogen-bond donors (Lipinski definition) is 1. The van der Waals surface area contributed by atoms with Crippen molar-refractivity contribution in [2.24, 2.45) is 5.92 Å². The molecular weight excluding hydrogens is 261 g/mol. The van der Waals surface area contributed by atoms with Crippen molar-refractivity contribution < 1.29 is 9.13 Å². The van der Waals surface area contributed by atoms with Crippen molar-refractivity contribution in [3.8, 4) is 0 Å². The predicted molar refractivity (Wildman–Crippen MR) is 61.5 cm³/mol. The SMILES string of the molecule is Fc1cc(Br)ccc1NCC1CCOC1. The minimum atomic E-state index is -0.219. The highest BCUT2D eigenvalue weighted by Crippen LogP contribution is 2.20. The van der Waals surface area contributed by atoms with Gasteiger partial charge in [0.1, 0.15) is 5.82 Å². The molecule has 1 unspecified atom stereocenters. The lowest BCUT2D eigenvalue weighted by Crippen LogP contribution is -2.14. The van der Waals surface area contributed by atoms with Crippen LogP contribution in [0.15, 0.2) is 22.7 Å². The van der Waals surface area contributed by atoms with E-state index in [9.17, 15) is 4.39 Å². The number of halogens is 2. The van der Waals surface area contributed by atoms with Gasteiger partial charge in [-0.2, -0.15) is 0 Å². The summed E-state index contributed by atoms with van der Waals surface area (Å²) in [6, 6.07) is 5.04. The number of anilines is 1. The first-order chi connectivity index (χ1) is 7.25. The molecule has 4 heteroatoms. The second-order valence-corrected chi connectivity index (χ2v) is 4.65. The Kier molecular flexibility index (Phi) is 3.59. The molecule has 1 atom stereocenters. The molecular formula is C11H13BrFNO. The Morgan fingerprint density at radius 2 is 2.40 bits per heavy atom. The zero-order chi connectivity index (χ0) is 10.7. The van der Waals surface area contributed by atoms with Crippen LogP contribution in [0.2, 0.25) is 0 Å². The number of hydrogen-bond acceptors (Lipinski definition) is 2. The lowest BCUT2D eigenvalue weighted by atomic mass is 10.1. The van der Waals surface area contributed by atoms with E-state index in [2.05, 4.69) is 21.2 Å². The molecule has 1 heterocycles. The number of ether oxygens (including phenoxy) is 1. The van der Waals surface area contributed by atoms with Crippen molar-refractivity contribution in [3.05, 3.63) is 28.5 Å². The standard InChI is InChI=1S/C11H13BrFNO/c12-9-1-2-11(10(13)5-9)14-6-8-3-4-15-7-8/h1-2,5,8,14H,3-4,6-7H2. The van der Waals surface area contributed by atoms with Crippen molar-refractivity contribution in [1.82, 2.24) is 0 Å². The molecule has 1 fully saturated rings. The fourth-order valence-electron chi connectivity index (χ4n) is 1.63. The molecule has 0 aliphatic carbocycles. The molecule has 82 valence electrons.